The Bertz CT molecular complexity index is 132. The van der Waals surface area contributed by atoms with Crippen LogP contribution < -0.4 is 0 Å². The normalized spacial score (nSPS) is 32.9. The second kappa shape index (κ2) is 1.45. The highest BCUT2D eigenvalue weighted by molar-refractivity contribution is 5.06. The second-order valence-electron chi connectivity index (χ2n) is 2.02. The Morgan fingerprint density at radius 3 is 2.25 bits per heavy atom. The predicted molar refractivity (Wildman–Crippen MR) is 26.5 cm³/mol. The fraction of sp³-hybridized carbons (Fsp3) is 0.667. The minimum absolute atomic E-state index is 0.0259. The number of hydrogen-bond acceptors (Lipinski definition) is 0. The van der Waals surface area contributed by atoms with Crippen LogP contribution in [0.4, 0.5) is 8.78 Å². The lowest BCUT2D eigenvalue weighted by molar-refractivity contribution is -0.107. The van der Waals surface area contributed by atoms with Gasteiger partial charge in [0, 0.05) is 6.42 Å². The van der Waals surface area contributed by atoms with Crippen LogP contribution in [0.2, 0.25) is 0 Å². The maximum absolute atomic E-state index is 12.1. The van der Waals surface area contributed by atoms with Crippen molar-refractivity contribution < 1.29 is 8.78 Å². The van der Waals surface area contributed by atoms with Crippen LogP contribution in [-0.4, -0.2) is 5.92 Å². The van der Waals surface area contributed by atoms with E-state index in [4.69, 9.17) is 6.42 Å². The van der Waals surface area contributed by atoms with Crippen LogP contribution >= 0.6 is 0 Å². The Labute approximate surface area is 46.9 Å². The van der Waals surface area contributed by atoms with Gasteiger partial charge in [0.15, 0.2) is 0 Å². The van der Waals surface area contributed by atoms with Crippen LogP contribution in [0.1, 0.15) is 12.8 Å². The molecular weight excluding hydrogens is 110 g/mol. The monoisotopic (exact) mass is 116 g/mol. The lowest BCUT2D eigenvalue weighted by atomic mass is 9.82. The molecule has 0 amide bonds. The predicted octanol–water partition coefficient (Wildman–Crippen LogP) is 1.66. The van der Waals surface area contributed by atoms with E-state index in [1.165, 1.54) is 0 Å². The molecule has 2 heteroatoms. The topological polar surface area (TPSA) is 0 Å². The summed E-state index contributed by atoms with van der Waals surface area (Å²) in [5, 5.41) is 0. The van der Waals surface area contributed by atoms with Crippen molar-refractivity contribution >= 4 is 0 Å². The summed E-state index contributed by atoms with van der Waals surface area (Å²) in [5.41, 5.74) is 0. The van der Waals surface area contributed by atoms with E-state index >= 15 is 0 Å². The van der Waals surface area contributed by atoms with E-state index in [2.05, 4.69) is 0 Å². The second-order valence-corrected chi connectivity index (χ2v) is 2.02. The van der Waals surface area contributed by atoms with Crippen molar-refractivity contribution in [3.05, 3.63) is 0 Å². The van der Waals surface area contributed by atoms with Crippen LogP contribution in [0.15, 0.2) is 0 Å². The third kappa shape index (κ3) is 0.588. The highest BCUT2D eigenvalue weighted by atomic mass is 19.3. The van der Waals surface area contributed by atoms with Crippen molar-refractivity contribution in [2.24, 2.45) is 5.92 Å². The first-order chi connectivity index (χ1) is 3.67. The molecule has 1 atom stereocenters. The highest BCUT2D eigenvalue weighted by Gasteiger charge is 2.47. The average Bonchev–Trinajstić information content (AvgIpc) is 1.66. The lowest BCUT2D eigenvalue weighted by Crippen LogP contribution is -2.37. The zero-order valence-corrected chi connectivity index (χ0v) is 4.32. The van der Waals surface area contributed by atoms with Crippen molar-refractivity contribution in [1.82, 2.24) is 0 Å². The summed E-state index contributed by atoms with van der Waals surface area (Å²) in [5.74, 6) is -1.28. The molecular formula is C6H6F2. The van der Waals surface area contributed by atoms with E-state index in [0.717, 1.165) is 0 Å². The molecule has 0 bridgehead atoms. The Balaban J connectivity index is 2.53. The quantitative estimate of drug-likeness (QED) is 0.422. The van der Waals surface area contributed by atoms with Crippen molar-refractivity contribution in [2.45, 2.75) is 18.8 Å². The Hall–Kier alpha value is -0.580. The molecule has 0 saturated heterocycles. The minimum Gasteiger partial charge on any atom is -0.205 e. The summed E-state index contributed by atoms with van der Waals surface area (Å²) in [6.45, 7) is 0. The molecule has 0 radical (unpaired) electrons. The van der Waals surface area contributed by atoms with Gasteiger partial charge in [-0.2, -0.15) is 0 Å². The summed E-state index contributed by atoms with van der Waals surface area (Å²) in [6.07, 6.45) is 5.24. The fourth-order valence-electron chi connectivity index (χ4n) is 0.712. The SMILES string of the molecule is C#CC1CCC1(F)F. The average molecular weight is 116 g/mol. The minimum atomic E-state index is -2.55. The molecule has 1 rings (SSSR count). The van der Waals surface area contributed by atoms with E-state index in [0.29, 0.717) is 6.42 Å². The van der Waals surface area contributed by atoms with Crippen LogP contribution in [-0.2, 0) is 0 Å². The standard InChI is InChI=1S/C6H6F2/c1-2-5-3-4-6(5,7)8/h1,5H,3-4H2. The van der Waals surface area contributed by atoms with Gasteiger partial charge in [-0.1, -0.05) is 5.92 Å². The van der Waals surface area contributed by atoms with Gasteiger partial charge in [0.05, 0.1) is 5.92 Å². The van der Waals surface area contributed by atoms with Crippen LogP contribution in [0, 0.1) is 18.3 Å². The molecule has 1 fully saturated rings. The molecule has 1 unspecified atom stereocenters. The Kier molecular flexibility index (Phi) is 1.00. The molecule has 0 spiro atoms. The number of hydrogen-bond donors (Lipinski definition) is 0. The summed E-state index contributed by atoms with van der Waals surface area (Å²) in [4.78, 5) is 0. The van der Waals surface area contributed by atoms with Gasteiger partial charge < -0.3 is 0 Å². The zero-order chi connectivity index (χ0) is 6.20. The van der Waals surface area contributed by atoms with Gasteiger partial charge in [-0.25, -0.2) is 8.78 Å². The van der Waals surface area contributed by atoms with Crippen LogP contribution in [0.5, 0.6) is 0 Å². The van der Waals surface area contributed by atoms with Gasteiger partial charge >= 0.3 is 0 Å². The number of alkyl halides is 2. The van der Waals surface area contributed by atoms with E-state index in [-0.39, 0.29) is 6.42 Å². The highest BCUT2D eigenvalue weighted by Crippen LogP contribution is 2.42. The van der Waals surface area contributed by atoms with Crippen molar-refractivity contribution in [3.8, 4) is 12.3 Å². The van der Waals surface area contributed by atoms with Gasteiger partial charge in [-0.3, -0.25) is 0 Å². The van der Waals surface area contributed by atoms with Gasteiger partial charge in [-0.05, 0) is 6.42 Å². The van der Waals surface area contributed by atoms with Crippen molar-refractivity contribution in [3.63, 3.8) is 0 Å². The summed E-state index contributed by atoms with van der Waals surface area (Å²) in [7, 11) is 0. The summed E-state index contributed by atoms with van der Waals surface area (Å²) >= 11 is 0. The van der Waals surface area contributed by atoms with E-state index in [1.807, 2.05) is 5.92 Å². The fourth-order valence-corrected chi connectivity index (χ4v) is 0.712. The molecule has 0 aromatic rings. The Morgan fingerprint density at radius 1 is 1.62 bits per heavy atom. The van der Waals surface area contributed by atoms with Gasteiger partial charge in [0.1, 0.15) is 0 Å². The van der Waals surface area contributed by atoms with Crippen LogP contribution in [0.25, 0.3) is 0 Å². The molecule has 1 aliphatic rings. The van der Waals surface area contributed by atoms with Gasteiger partial charge in [0.25, 0.3) is 5.92 Å². The molecule has 0 heterocycles. The molecule has 1 saturated carbocycles. The number of rotatable bonds is 0. The number of terminal acetylenes is 1. The summed E-state index contributed by atoms with van der Waals surface area (Å²) in [6, 6.07) is 0. The van der Waals surface area contributed by atoms with E-state index < -0.39 is 11.8 Å². The molecule has 1 aliphatic carbocycles. The largest absolute Gasteiger partial charge is 0.261 e. The third-order valence-electron chi connectivity index (χ3n) is 1.48. The molecule has 0 nitrogen and oxygen atoms in total. The molecule has 0 aliphatic heterocycles. The molecule has 0 aromatic carbocycles. The molecule has 0 aromatic heterocycles. The third-order valence-corrected chi connectivity index (χ3v) is 1.48. The Morgan fingerprint density at radius 2 is 2.25 bits per heavy atom. The lowest BCUT2D eigenvalue weighted by Gasteiger charge is -2.31. The molecule has 8 heavy (non-hydrogen) atoms. The first-order valence-corrected chi connectivity index (χ1v) is 2.51. The first kappa shape index (κ1) is 5.55. The van der Waals surface area contributed by atoms with Gasteiger partial charge in [0.2, 0.25) is 0 Å². The molecule has 0 N–H and O–H groups in total. The van der Waals surface area contributed by atoms with Crippen molar-refractivity contribution in [2.75, 3.05) is 0 Å². The summed E-state index contributed by atoms with van der Waals surface area (Å²) < 4.78 is 24.1. The molecule has 44 valence electrons. The maximum Gasteiger partial charge on any atom is 0.261 e. The van der Waals surface area contributed by atoms with Crippen LogP contribution in [0.3, 0.4) is 0 Å². The van der Waals surface area contributed by atoms with Gasteiger partial charge in [-0.15, -0.1) is 6.42 Å². The number of halogens is 2. The van der Waals surface area contributed by atoms with E-state index in [1.54, 1.807) is 0 Å². The van der Waals surface area contributed by atoms with E-state index in [9.17, 15) is 8.78 Å². The maximum atomic E-state index is 12.1. The first-order valence-electron chi connectivity index (χ1n) is 2.51. The smallest absolute Gasteiger partial charge is 0.205 e. The van der Waals surface area contributed by atoms with Crippen molar-refractivity contribution in [1.29, 1.82) is 0 Å². The zero-order valence-electron chi connectivity index (χ0n) is 4.32.